The van der Waals surface area contributed by atoms with Crippen molar-refractivity contribution in [2.75, 3.05) is 0 Å². The van der Waals surface area contributed by atoms with E-state index in [1.165, 1.54) is 212 Å². The number of aryl methyl sites for hydroxylation is 2. The van der Waals surface area contributed by atoms with Crippen LogP contribution >= 0.6 is 0 Å². The predicted molar refractivity (Wildman–Crippen MR) is 184 cm³/mol. The van der Waals surface area contributed by atoms with Gasteiger partial charge in [-0.3, -0.25) is 0 Å². The molecule has 0 aliphatic rings. The van der Waals surface area contributed by atoms with Gasteiger partial charge in [0.2, 0.25) is 0 Å². The highest BCUT2D eigenvalue weighted by atomic mass is 15.1. The van der Waals surface area contributed by atoms with Crippen LogP contribution in [0.4, 0.5) is 0 Å². The highest BCUT2D eigenvalue weighted by Gasteiger charge is 2.16. The molecule has 0 bridgehead atoms. The minimum Gasteiger partial charge on any atom is -0.234 e. The molecule has 1 aromatic heterocycles. The van der Waals surface area contributed by atoms with Gasteiger partial charge in [0.15, 0.2) is 0 Å². The predicted octanol–water partition coefficient (Wildman–Crippen LogP) is 13.1. The van der Waals surface area contributed by atoms with Gasteiger partial charge >= 0.3 is 0 Å². The first-order chi connectivity index (χ1) is 20.3. The quantitative estimate of drug-likeness (QED) is 0.0584. The van der Waals surface area contributed by atoms with E-state index in [9.17, 15) is 0 Å². The Bertz CT molecular complexity index is 634. The van der Waals surface area contributed by atoms with E-state index in [1.807, 2.05) is 0 Å². The summed E-state index contributed by atoms with van der Waals surface area (Å²) in [5, 5.41) is 0. The van der Waals surface area contributed by atoms with Crippen LogP contribution < -0.4 is 4.57 Å². The number of nitrogens with zero attached hydrogens (tertiary/aromatic N) is 2. The van der Waals surface area contributed by atoms with Crippen LogP contribution in [0.15, 0.2) is 12.4 Å². The molecule has 0 N–H and O–H groups in total. The molecule has 41 heavy (non-hydrogen) atoms. The number of imidazole rings is 1. The van der Waals surface area contributed by atoms with E-state index < -0.39 is 0 Å². The zero-order valence-electron chi connectivity index (χ0n) is 28.9. The summed E-state index contributed by atoms with van der Waals surface area (Å²) >= 11 is 0. The third-order valence-electron chi connectivity index (χ3n) is 9.35. The highest BCUT2D eigenvalue weighted by Crippen LogP contribution is 2.15. The Labute approximate surface area is 259 Å². The topological polar surface area (TPSA) is 8.81 Å². The third kappa shape index (κ3) is 23.4. The van der Waals surface area contributed by atoms with Crippen LogP contribution in [-0.2, 0) is 19.5 Å². The molecular formula is C39H77N2+. The van der Waals surface area contributed by atoms with Crippen molar-refractivity contribution in [3.05, 3.63) is 18.2 Å². The fourth-order valence-electron chi connectivity index (χ4n) is 6.50. The van der Waals surface area contributed by atoms with Gasteiger partial charge in [0.1, 0.15) is 12.4 Å². The Morgan fingerprint density at radius 3 is 1.17 bits per heavy atom. The summed E-state index contributed by atoms with van der Waals surface area (Å²) in [7, 11) is 0. The second-order valence-corrected chi connectivity index (χ2v) is 13.4. The van der Waals surface area contributed by atoms with E-state index in [0.29, 0.717) is 0 Å². The first kappa shape index (κ1) is 38.2. The third-order valence-corrected chi connectivity index (χ3v) is 9.35. The lowest BCUT2D eigenvalue weighted by Gasteiger charge is -2.07. The molecule has 0 atom stereocenters. The van der Waals surface area contributed by atoms with Crippen LogP contribution in [0.5, 0.6) is 0 Å². The second kappa shape index (κ2) is 30.7. The molecular weight excluding hydrogens is 496 g/mol. The molecule has 2 nitrogen and oxygen atoms in total. The molecule has 0 spiro atoms. The summed E-state index contributed by atoms with van der Waals surface area (Å²) in [6.45, 7) is 9.39. The molecule has 0 aromatic carbocycles. The van der Waals surface area contributed by atoms with Crippen molar-refractivity contribution in [2.45, 2.75) is 233 Å². The minimum absolute atomic E-state index is 1.22. The molecule has 1 rings (SSSR count). The molecule has 0 amide bonds. The largest absolute Gasteiger partial charge is 0.256 e. The Kier molecular flexibility index (Phi) is 28.6. The van der Waals surface area contributed by atoms with E-state index in [4.69, 9.17) is 0 Å². The summed E-state index contributed by atoms with van der Waals surface area (Å²) in [5.41, 5.74) is 0. The van der Waals surface area contributed by atoms with Gasteiger partial charge < -0.3 is 0 Å². The summed E-state index contributed by atoms with van der Waals surface area (Å²) in [6.07, 6.45) is 48.9. The van der Waals surface area contributed by atoms with Crippen LogP contribution in [-0.4, -0.2) is 4.57 Å². The molecule has 2 heteroatoms. The van der Waals surface area contributed by atoms with Gasteiger partial charge in [0, 0.05) is 6.42 Å². The van der Waals surface area contributed by atoms with E-state index in [-0.39, 0.29) is 0 Å². The smallest absolute Gasteiger partial charge is 0.234 e. The monoisotopic (exact) mass is 574 g/mol. The van der Waals surface area contributed by atoms with Gasteiger partial charge in [-0.05, 0) is 32.1 Å². The molecule has 1 aromatic rings. The summed E-state index contributed by atoms with van der Waals surface area (Å²) in [4.78, 5) is 0. The van der Waals surface area contributed by atoms with Crippen molar-refractivity contribution < 1.29 is 4.57 Å². The van der Waals surface area contributed by atoms with Gasteiger partial charge in [-0.2, -0.15) is 0 Å². The second-order valence-electron chi connectivity index (χ2n) is 13.4. The maximum absolute atomic E-state index is 2.62. The number of hydrogen-bond acceptors (Lipinski definition) is 0. The Hall–Kier alpha value is -0.790. The average Bonchev–Trinajstić information content (AvgIpc) is 3.37. The molecule has 0 saturated carbocycles. The van der Waals surface area contributed by atoms with Gasteiger partial charge in [-0.15, -0.1) is 0 Å². The molecule has 0 aliphatic carbocycles. The molecule has 0 aliphatic heterocycles. The van der Waals surface area contributed by atoms with E-state index in [1.54, 1.807) is 5.82 Å². The normalized spacial score (nSPS) is 11.6. The Morgan fingerprint density at radius 1 is 0.415 bits per heavy atom. The first-order valence-corrected chi connectivity index (χ1v) is 19.4. The van der Waals surface area contributed by atoms with Crippen LogP contribution in [0.3, 0.4) is 0 Å². The summed E-state index contributed by atoms with van der Waals surface area (Å²) < 4.78 is 5.24. The lowest BCUT2D eigenvalue weighted by molar-refractivity contribution is -0.704. The molecule has 242 valence electrons. The molecule has 0 saturated heterocycles. The number of unbranched alkanes of at least 4 members (excludes halogenated alkanes) is 27. The van der Waals surface area contributed by atoms with Crippen molar-refractivity contribution in [3.8, 4) is 0 Å². The Balaban J connectivity index is 2.15. The lowest BCUT2D eigenvalue weighted by atomic mass is 10.0. The van der Waals surface area contributed by atoms with Crippen molar-refractivity contribution in [1.29, 1.82) is 0 Å². The van der Waals surface area contributed by atoms with Gasteiger partial charge in [-0.25, -0.2) is 9.13 Å². The van der Waals surface area contributed by atoms with Gasteiger partial charge in [0.25, 0.3) is 5.82 Å². The minimum atomic E-state index is 1.22. The molecule has 0 radical (unpaired) electrons. The highest BCUT2D eigenvalue weighted by molar-refractivity contribution is 4.84. The molecule has 1 heterocycles. The van der Waals surface area contributed by atoms with Crippen molar-refractivity contribution in [3.63, 3.8) is 0 Å². The van der Waals surface area contributed by atoms with E-state index in [2.05, 4.69) is 42.3 Å². The average molecular weight is 574 g/mol. The fraction of sp³-hybridized carbons (Fsp3) is 0.923. The maximum Gasteiger partial charge on any atom is 0.256 e. The molecule has 0 fully saturated rings. The summed E-state index contributed by atoms with van der Waals surface area (Å²) in [5.74, 6) is 1.61. The number of rotatable bonds is 33. The van der Waals surface area contributed by atoms with E-state index >= 15 is 0 Å². The number of aromatic nitrogens is 2. The van der Waals surface area contributed by atoms with Crippen LogP contribution in [0.25, 0.3) is 0 Å². The van der Waals surface area contributed by atoms with Crippen LogP contribution in [0.1, 0.15) is 219 Å². The fourth-order valence-corrected chi connectivity index (χ4v) is 6.50. The Morgan fingerprint density at radius 2 is 0.756 bits per heavy atom. The number of hydrogen-bond donors (Lipinski definition) is 0. The molecule has 0 unspecified atom stereocenters. The van der Waals surface area contributed by atoms with Crippen LogP contribution in [0, 0.1) is 0 Å². The summed E-state index contributed by atoms with van der Waals surface area (Å²) in [6, 6.07) is 0. The van der Waals surface area contributed by atoms with E-state index in [0.717, 1.165) is 0 Å². The first-order valence-electron chi connectivity index (χ1n) is 19.4. The standard InChI is InChI=1S/C39H77N2/c1-4-7-10-13-15-17-18-19-20-21-22-23-24-25-27-30-33-36-41-38-37-40(35-32-29-12-9-6-3)39(41)34-31-28-26-16-14-11-8-5-2/h37-38H,4-36H2,1-3H3/q+1. The zero-order valence-corrected chi connectivity index (χ0v) is 28.9. The van der Waals surface area contributed by atoms with Crippen LogP contribution in [0.2, 0.25) is 0 Å². The maximum atomic E-state index is 2.62. The van der Waals surface area contributed by atoms with Crippen molar-refractivity contribution >= 4 is 0 Å². The zero-order chi connectivity index (χ0) is 29.5. The van der Waals surface area contributed by atoms with Crippen molar-refractivity contribution in [2.24, 2.45) is 0 Å². The van der Waals surface area contributed by atoms with Gasteiger partial charge in [-0.1, -0.05) is 181 Å². The van der Waals surface area contributed by atoms with Gasteiger partial charge in [0.05, 0.1) is 13.1 Å². The lowest BCUT2D eigenvalue weighted by Crippen LogP contribution is -2.37. The SMILES string of the molecule is CCCCCCCCCCCCCCCCCCC[n+]1ccn(CCCCCCC)c1CCCCCCCCCC. The van der Waals surface area contributed by atoms with Crippen molar-refractivity contribution in [1.82, 2.24) is 4.57 Å².